The third-order valence-electron chi connectivity index (χ3n) is 3.05. The Kier molecular flexibility index (Phi) is 7.01. The van der Waals surface area contributed by atoms with Gasteiger partial charge in [0.25, 0.3) is 0 Å². The molecule has 0 saturated carbocycles. The summed E-state index contributed by atoms with van der Waals surface area (Å²) >= 11 is 5.00. The van der Waals surface area contributed by atoms with Crippen LogP contribution < -0.4 is 10.6 Å². The molecule has 1 rings (SSSR count). The highest BCUT2D eigenvalue weighted by molar-refractivity contribution is 9.11. The average Bonchev–Trinajstić information content (AvgIpc) is 2.80. The number of carboxylic acid groups (broad SMARTS) is 1. The lowest BCUT2D eigenvalue weighted by atomic mass is 9.99. The van der Waals surface area contributed by atoms with E-state index in [-0.39, 0.29) is 5.92 Å². The van der Waals surface area contributed by atoms with Gasteiger partial charge in [-0.25, -0.2) is 9.59 Å². The van der Waals surface area contributed by atoms with Crippen LogP contribution in [0.25, 0.3) is 0 Å². The summed E-state index contributed by atoms with van der Waals surface area (Å²) in [7, 11) is 0. The van der Waals surface area contributed by atoms with E-state index >= 15 is 0 Å². The number of nitrogens with one attached hydrogen (secondary N) is 2. The number of carbonyl (C=O) groups is 2. The average molecular weight is 363 g/mol. The zero-order valence-corrected chi connectivity index (χ0v) is 13.9. The van der Waals surface area contributed by atoms with E-state index in [0.717, 1.165) is 15.1 Å². The molecule has 2 atom stereocenters. The number of carboxylic acids is 1. The number of urea groups is 1. The molecule has 5 nitrogen and oxygen atoms in total. The van der Waals surface area contributed by atoms with E-state index in [4.69, 9.17) is 5.11 Å². The van der Waals surface area contributed by atoms with Gasteiger partial charge in [0.05, 0.1) is 3.79 Å². The number of hydrogen-bond donors (Lipinski definition) is 3. The lowest BCUT2D eigenvalue weighted by Gasteiger charge is -2.20. The molecule has 1 heterocycles. The molecular formula is C13H19BrN2O3S. The largest absolute Gasteiger partial charge is 0.480 e. The van der Waals surface area contributed by atoms with Crippen molar-refractivity contribution in [2.75, 3.05) is 6.54 Å². The second kappa shape index (κ2) is 8.26. The van der Waals surface area contributed by atoms with E-state index in [1.54, 1.807) is 11.3 Å². The third kappa shape index (κ3) is 5.50. The summed E-state index contributed by atoms with van der Waals surface area (Å²) in [6, 6.07) is 2.67. The lowest BCUT2D eigenvalue weighted by molar-refractivity contribution is -0.140. The SMILES string of the molecule is CC[C@H](C)[C@H](NC(=O)NCCc1ccc(Br)s1)C(=O)O. The highest BCUT2D eigenvalue weighted by Crippen LogP contribution is 2.22. The molecule has 0 radical (unpaired) electrons. The minimum absolute atomic E-state index is 0.105. The molecule has 0 aromatic carbocycles. The molecule has 0 unspecified atom stereocenters. The fraction of sp³-hybridized carbons (Fsp3) is 0.538. The molecule has 1 aromatic rings. The Morgan fingerprint density at radius 2 is 2.15 bits per heavy atom. The molecule has 0 aliphatic heterocycles. The van der Waals surface area contributed by atoms with Crippen molar-refractivity contribution in [3.05, 3.63) is 20.8 Å². The van der Waals surface area contributed by atoms with Crippen molar-refractivity contribution >= 4 is 39.3 Å². The Labute approximate surface area is 130 Å². The summed E-state index contributed by atoms with van der Waals surface area (Å²) in [5.74, 6) is -1.11. The minimum atomic E-state index is -1.00. The summed E-state index contributed by atoms with van der Waals surface area (Å²) in [5.41, 5.74) is 0. The van der Waals surface area contributed by atoms with Gasteiger partial charge in [-0.2, -0.15) is 0 Å². The Morgan fingerprint density at radius 1 is 1.45 bits per heavy atom. The molecule has 0 aliphatic carbocycles. The molecule has 0 saturated heterocycles. The molecule has 0 spiro atoms. The van der Waals surface area contributed by atoms with Crippen LogP contribution in [0.2, 0.25) is 0 Å². The summed E-state index contributed by atoms with van der Waals surface area (Å²) in [6.45, 7) is 4.18. The van der Waals surface area contributed by atoms with Crippen molar-refractivity contribution in [3.8, 4) is 0 Å². The van der Waals surface area contributed by atoms with Gasteiger partial charge in [0, 0.05) is 11.4 Å². The maximum atomic E-state index is 11.7. The van der Waals surface area contributed by atoms with Gasteiger partial charge in [-0.3, -0.25) is 0 Å². The number of aliphatic carboxylic acids is 1. The third-order valence-corrected chi connectivity index (χ3v) is 4.73. The number of halogens is 1. The second-order valence-corrected chi connectivity index (χ2v) is 7.11. The predicted molar refractivity (Wildman–Crippen MR) is 83.1 cm³/mol. The Hall–Kier alpha value is -1.08. The van der Waals surface area contributed by atoms with Gasteiger partial charge in [0.1, 0.15) is 6.04 Å². The van der Waals surface area contributed by atoms with Crippen molar-refractivity contribution in [2.45, 2.75) is 32.7 Å². The quantitative estimate of drug-likeness (QED) is 0.697. The first-order chi connectivity index (χ1) is 9.43. The van der Waals surface area contributed by atoms with Gasteiger partial charge in [0.15, 0.2) is 0 Å². The van der Waals surface area contributed by atoms with Crippen molar-refractivity contribution < 1.29 is 14.7 Å². The standard InChI is InChI=1S/C13H19BrN2O3S/c1-3-8(2)11(12(17)18)16-13(19)15-7-6-9-4-5-10(14)20-9/h4-5,8,11H,3,6-7H2,1-2H3,(H,17,18)(H2,15,16,19)/t8-,11-/m0/s1. The molecular weight excluding hydrogens is 344 g/mol. The smallest absolute Gasteiger partial charge is 0.326 e. The summed E-state index contributed by atoms with van der Waals surface area (Å²) in [6.07, 6.45) is 1.42. The lowest BCUT2D eigenvalue weighted by Crippen LogP contribution is -2.49. The number of thiophene rings is 1. The molecule has 3 N–H and O–H groups in total. The summed E-state index contributed by atoms with van der Waals surface area (Å²) in [5, 5.41) is 14.3. The maximum Gasteiger partial charge on any atom is 0.326 e. The van der Waals surface area contributed by atoms with Crippen LogP contribution in [0.1, 0.15) is 25.1 Å². The molecule has 2 amide bonds. The van der Waals surface area contributed by atoms with Crippen molar-refractivity contribution in [1.29, 1.82) is 0 Å². The van der Waals surface area contributed by atoms with Crippen LogP contribution in [-0.4, -0.2) is 29.7 Å². The van der Waals surface area contributed by atoms with Crippen LogP contribution in [0.15, 0.2) is 15.9 Å². The molecule has 7 heteroatoms. The first-order valence-corrected chi connectivity index (χ1v) is 8.06. The number of rotatable bonds is 7. The molecule has 0 bridgehead atoms. The van der Waals surface area contributed by atoms with Gasteiger partial charge in [-0.05, 0) is 40.4 Å². The van der Waals surface area contributed by atoms with Gasteiger partial charge in [0.2, 0.25) is 0 Å². The van der Waals surface area contributed by atoms with Crippen LogP contribution in [0.3, 0.4) is 0 Å². The number of amides is 2. The van der Waals surface area contributed by atoms with Crippen LogP contribution >= 0.6 is 27.3 Å². The zero-order chi connectivity index (χ0) is 15.1. The van der Waals surface area contributed by atoms with E-state index < -0.39 is 18.0 Å². The number of hydrogen-bond acceptors (Lipinski definition) is 3. The van der Waals surface area contributed by atoms with Crippen molar-refractivity contribution in [1.82, 2.24) is 10.6 Å². The van der Waals surface area contributed by atoms with E-state index in [1.807, 2.05) is 26.0 Å². The first kappa shape index (κ1) is 17.0. The fourth-order valence-corrected chi connectivity index (χ4v) is 3.14. The van der Waals surface area contributed by atoms with E-state index in [1.165, 1.54) is 0 Å². The van der Waals surface area contributed by atoms with Gasteiger partial charge in [-0.15, -0.1) is 11.3 Å². The monoisotopic (exact) mass is 362 g/mol. The van der Waals surface area contributed by atoms with Crippen LogP contribution in [0.4, 0.5) is 4.79 Å². The topological polar surface area (TPSA) is 78.4 Å². The minimum Gasteiger partial charge on any atom is -0.480 e. The highest BCUT2D eigenvalue weighted by atomic mass is 79.9. The van der Waals surface area contributed by atoms with E-state index in [0.29, 0.717) is 13.0 Å². The Bertz CT molecular complexity index is 464. The van der Waals surface area contributed by atoms with Crippen LogP contribution in [0.5, 0.6) is 0 Å². The van der Waals surface area contributed by atoms with Crippen LogP contribution in [-0.2, 0) is 11.2 Å². The second-order valence-electron chi connectivity index (χ2n) is 4.56. The van der Waals surface area contributed by atoms with E-state index in [2.05, 4.69) is 26.6 Å². The Morgan fingerprint density at radius 3 is 2.65 bits per heavy atom. The Balaban J connectivity index is 2.36. The predicted octanol–water partition coefficient (Wildman–Crippen LogP) is 2.85. The molecule has 0 fully saturated rings. The van der Waals surface area contributed by atoms with Gasteiger partial charge >= 0.3 is 12.0 Å². The summed E-state index contributed by atoms with van der Waals surface area (Å²) < 4.78 is 1.06. The summed E-state index contributed by atoms with van der Waals surface area (Å²) in [4.78, 5) is 23.9. The van der Waals surface area contributed by atoms with Gasteiger partial charge in [-0.1, -0.05) is 20.3 Å². The molecule has 20 heavy (non-hydrogen) atoms. The van der Waals surface area contributed by atoms with Crippen molar-refractivity contribution in [3.63, 3.8) is 0 Å². The number of carbonyl (C=O) groups excluding carboxylic acids is 1. The molecule has 1 aromatic heterocycles. The molecule has 0 aliphatic rings. The highest BCUT2D eigenvalue weighted by Gasteiger charge is 2.24. The van der Waals surface area contributed by atoms with Crippen molar-refractivity contribution in [2.24, 2.45) is 5.92 Å². The zero-order valence-electron chi connectivity index (χ0n) is 11.5. The first-order valence-electron chi connectivity index (χ1n) is 6.45. The van der Waals surface area contributed by atoms with Crippen LogP contribution in [0, 0.1) is 5.92 Å². The maximum absolute atomic E-state index is 11.7. The van der Waals surface area contributed by atoms with Gasteiger partial charge < -0.3 is 15.7 Å². The van der Waals surface area contributed by atoms with E-state index in [9.17, 15) is 9.59 Å². The fourth-order valence-electron chi connectivity index (χ4n) is 1.66. The normalized spacial score (nSPS) is 13.6. The molecule has 112 valence electrons.